The van der Waals surface area contributed by atoms with E-state index in [0.717, 1.165) is 31.9 Å². The summed E-state index contributed by atoms with van der Waals surface area (Å²) in [6, 6.07) is 6.00. The van der Waals surface area contributed by atoms with Crippen molar-refractivity contribution in [3.63, 3.8) is 0 Å². The van der Waals surface area contributed by atoms with E-state index in [0.29, 0.717) is 16.6 Å². The van der Waals surface area contributed by atoms with E-state index in [1.54, 1.807) is 19.1 Å². The Bertz CT molecular complexity index is 656. The van der Waals surface area contributed by atoms with E-state index >= 15 is 0 Å². The monoisotopic (exact) mass is 337 g/mol. The molecule has 1 saturated heterocycles. The fourth-order valence-electron chi connectivity index (χ4n) is 2.60. The van der Waals surface area contributed by atoms with Crippen LogP contribution < -0.4 is 5.32 Å². The highest BCUT2D eigenvalue weighted by Gasteiger charge is 2.25. The molecule has 2 aromatic rings. The maximum absolute atomic E-state index is 13.3. The Labute approximate surface area is 138 Å². The molecule has 1 fully saturated rings. The molecule has 2 N–H and O–H groups in total. The third-order valence-electron chi connectivity index (χ3n) is 4.06. The van der Waals surface area contributed by atoms with Crippen molar-refractivity contribution in [1.82, 2.24) is 9.36 Å². The second-order valence-electron chi connectivity index (χ2n) is 5.98. The van der Waals surface area contributed by atoms with Crippen molar-refractivity contribution in [2.45, 2.75) is 31.3 Å². The van der Waals surface area contributed by atoms with E-state index in [4.69, 9.17) is 4.74 Å². The lowest BCUT2D eigenvalue weighted by Gasteiger charge is -2.24. The molecule has 2 heterocycles. The minimum Gasteiger partial charge on any atom is -0.384 e. The predicted octanol–water partition coefficient (Wildman–Crippen LogP) is 2.89. The second-order valence-corrected chi connectivity index (χ2v) is 6.73. The zero-order valence-corrected chi connectivity index (χ0v) is 13.8. The number of benzene rings is 1. The Kier molecular flexibility index (Phi) is 4.89. The van der Waals surface area contributed by atoms with Crippen LogP contribution in [0.1, 0.15) is 37.1 Å². The third-order valence-corrected chi connectivity index (χ3v) is 4.75. The maximum atomic E-state index is 13.3. The van der Waals surface area contributed by atoms with Gasteiger partial charge in [0.1, 0.15) is 17.2 Å². The van der Waals surface area contributed by atoms with E-state index in [1.165, 1.54) is 23.7 Å². The van der Waals surface area contributed by atoms with Gasteiger partial charge in [0.05, 0.1) is 0 Å². The molecule has 0 aliphatic carbocycles. The van der Waals surface area contributed by atoms with Crippen molar-refractivity contribution in [3.8, 4) is 0 Å². The van der Waals surface area contributed by atoms with E-state index in [2.05, 4.69) is 14.7 Å². The minimum atomic E-state index is -1.19. The summed E-state index contributed by atoms with van der Waals surface area (Å²) in [6.07, 6.45) is 1.88. The van der Waals surface area contributed by atoms with Crippen molar-refractivity contribution < 1.29 is 14.2 Å². The Hall–Kier alpha value is -1.57. The predicted molar refractivity (Wildman–Crippen MR) is 87.2 cm³/mol. The molecule has 23 heavy (non-hydrogen) atoms. The maximum Gasteiger partial charge on any atom is 0.202 e. The zero-order chi connectivity index (χ0) is 16.3. The van der Waals surface area contributed by atoms with Crippen LogP contribution in [0, 0.1) is 5.82 Å². The Morgan fingerprint density at radius 2 is 2.22 bits per heavy atom. The first-order valence-corrected chi connectivity index (χ1v) is 8.45. The average Bonchev–Trinajstić information content (AvgIpc) is 3.03. The highest BCUT2D eigenvalue weighted by molar-refractivity contribution is 7.09. The normalized spacial score (nSPS) is 18.6. The highest BCUT2D eigenvalue weighted by Crippen LogP contribution is 2.28. The van der Waals surface area contributed by atoms with Gasteiger partial charge in [-0.05, 0) is 37.5 Å². The van der Waals surface area contributed by atoms with E-state index < -0.39 is 5.60 Å². The van der Waals surface area contributed by atoms with Crippen LogP contribution in [0.3, 0.4) is 0 Å². The summed E-state index contributed by atoms with van der Waals surface area (Å²) in [5, 5.41) is 14.3. The van der Waals surface area contributed by atoms with Gasteiger partial charge in [-0.3, -0.25) is 0 Å². The molecule has 0 unspecified atom stereocenters. The lowest BCUT2D eigenvalue weighted by molar-refractivity contribution is 0.0712. The SMILES string of the molecule is C[C@](O)(CNc1nc(C2CCOCC2)ns1)c1cccc(F)c1. The molecule has 124 valence electrons. The lowest BCUT2D eigenvalue weighted by atomic mass is 9.96. The summed E-state index contributed by atoms with van der Waals surface area (Å²) >= 11 is 1.28. The van der Waals surface area contributed by atoms with Crippen LogP contribution in [0.15, 0.2) is 24.3 Å². The molecule has 1 aromatic heterocycles. The number of hydrogen-bond donors (Lipinski definition) is 2. The number of ether oxygens (including phenoxy) is 1. The quantitative estimate of drug-likeness (QED) is 0.878. The van der Waals surface area contributed by atoms with Gasteiger partial charge in [0.2, 0.25) is 5.13 Å². The van der Waals surface area contributed by atoms with E-state index in [9.17, 15) is 9.50 Å². The first-order valence-electron chi connectivity index (χ1n) is 7.68. The number of rotatable bonds is 5. The minimum absolute atomic E-state index is 0.235. The van der Waals surface area contributed by atoms with Crippen LogP contribution >= 0.6 is 11.5 Å². The number of nitrogens with one attached hydrogen (secondary N) is 1. The van der Waals surface area contributed by atoms with Crippen molar-refractivity contribution in [1.29, 1.82) is 0 Å². The molecular weight excluding hydrogens is 317 g/mol. The second kappa shape index (κ2) is 6.90. The molecule has 1 aliphatic heterocycles. The summed E-state index contributed by atoms with van der Waals surface area (Å²) in [7, 11) is 0. The zero-order valence-electron chi connectivity index (χ0n) is 13.0. The molecule has 5 nitrogen and oxygen atoms in total. The van der Waals surface area contributed by atoms with Gasteiger partial charge in [-0.15, -0.1) is 0 Å². The van der Waals surface area contributed by atoms with Gasteiger partial charge in [0, 0.05) is 37.2 Å². The summed E-state index contributed by atoms with van der Waals surface area (Å²) in [5.74, 6) is 0.825. The molecule has 0 radical (unpaired) electrons. The Morgan fingerprint density at radius 3 is 2.96 bits per heavy atom. The number of hydrogen-bond acceptors (Lipinski definition) is 6. The smallest absolute Gasteiger partial charge is 0.202 e. The van der Waals surface area contributed by atoms with Gasteiger partial charge >= 0.3 is 0 Å². The largest absolute Gasteiger partial charge is 0.384 e. The van der Waals surface area contributed by atoms with E-state index in [1.807, 2.05) is 0 Å². The number of halogens is 1. The molecule has 7 heteroatoms. The van der Waals surface area contributed by atoms with Crippen LogP contribution in [0.5, 0.6) is 0 Å². The third kappa shape index (κ3) is 4.04. The van der Waals surface area contributed by atoms with Gasteiger partial charge in [0.15, 0.2) is 0 Å². The molecule has 0 amide bonds. The summed E-state index contributed by atoms with van der Waals surface area (Å²) < 4.78 is 23.1. The molecule has 1 atom stereocenters. The topological polar surface area (TPSA) is 67.3 Å². The summed E-state index contributed by atoms with van der Waals surface area (Å²) in [5.41, 5.74) is -0.661. The number of anilines is 1. The fraction of sp³-hybridized carbons (Fsp3) is 0.500. The van der Waals surface area contributed by atoms with Crippen molar-refractivity contribution >= 4 is 16.7 Å². The molecule has 3 rings (SSSR count). The molecule has 0 saturated carbocycles. The van der Waals surface area contributed by atoms with Crippen LogP contribution in [-0.2, 0) is 10.3 Å². The lowest BCUT2D eigenvalue weighted by Crippen LogP contribution is -2.30. The van der Waals surface area contributed by atoms with E-state index in [-0.39, 0.29) is 12.4 Å². The first-order chi connectivity index (χ1) is 11.0. The van der Waals surface area contributed by atoms with Crippen molar-refractivity contribution in [3.05, 3.63) is 41.5 Å². The van der Waals surface area contributed by atoms with Gasteiger partial charge in [-0.1, -0.05) is 12.1 Å². The molecule has 1 aliphatic rings. The standard InChI is InChI=1S/C16H20FN3O2S/c1-16(21,12-3-2-4-13(17)9-12)10-18-15-19-14(20-23-15)11-5-7-22-8-6-11/h2-4,9,11,21H,5-8,10H2,1H3,(H,18,19,20)/t16-/m0/s1. The Balaban J connectivity index is 1.62. The molecule has 1 aromatic carbocycles. The fourth-order valence-corrected chi connectivity index (χ4v) is 3.24. The van der Waals surface area contributed by atoms with Gasteiger partial charge in [-0.2, -0.15) is 4.37 Å². The molecule has 0 bridgehead atoms. The first kappa shape index (κ1) is 16.3. The van der Waals surface area contributed by atoms with Crippen molar-refractivity contribution in [2.75, 3.05) is 25.1 Å². The highest BCUT2D eigenvalue weighted by atomic mass is 32.1. The Morgan fingerprint density at radius 1 is 1.43 bits per heavy atom. The molecular formula is C16H20FN3O2S. The van der Waals surface area contributed by atoms with Gasteiger partial charge in [0.25, 0.3) is 0 Å². The van der Waals surface area contributed by atoms with Crippen LogP contribution in [0.25, 0.3) is 0 Å². The number of aromatic nitrogens is 2. The van der Waals surface area contributed by atoms with Crippen LogP contribution in [-0.4, -0.2) is 34.2 Å². The van der Waals surface area contributed by atoms with Crippen molar-refractivity contribution in [2.24, 2.45) is 0 Å². The van der Waals surface area contributed by atoms with Gasteiger partial charge in [-0.25, -0.2) is 9.37 Å². The summed E-state index contributed by atoms with van der Waals surface area (Å²) in [6.45, 7) is 3.38. The number of nitrogens with zero attached hydrogens (tertiary/aromatic N) is 2. The number of aliphatic hydroxyl groups is 1. The van der Waals surface area contributed by atoms with Crippen LogP contribution in [0.2, 0.25) is 0 Å². The van der Waals surface area contributed by atoms with Crippen LogP contribution in [0.4, 0.5) is 9.52 Å². The molecule has 0 spiro atoms. The summed E-state index contributed by atoms with van der Waals surface area (Å²) in [4.78, 5) is 4.50. The average molecular weight is 337 g/mol. The van der Waals surface area contributed by atoms with Gasteiger partial charge < -0.3 is 15.2 Å².